The molecule has 0 bridgehead atoms. The van der Waals surface area contributed by atoms with Gasteiger partial charge < -0.3 is 5.73 Å². The minimum atomic E-state index is -3.67. The molecule has 0 aliphatic heterocycles. The quantitative estimate of drug-likeness (QED) is 0.749. The van der Waals surface area contributed by atoms with Gasteiger partial charge in [-0.15, -0.1) is 0 Å². The van der Waals surface area contributed by atoms with Crippen LogP contribution in [0.25, 0.3) is 11.4 Å². The molecule has 0 aliphatic carbocycles. The minimum Gasteiger partial charge on any atom is -0.382 e. The first-order valence-corrected chi connectivity index (χ1v) is 6.98. The van der Waals surface area contributed by atoms with Crippen LogP contribution in [-0.4, -0.2) is 34.4 Å². The van der Waals surface area contributed by atoms with Gasteiger partial charge in [-0.3, -0.25) is 4.68 Å². The fraction of sp³-hybridized carbons (Fsp3) is 0.200. The van der Waals surface area contributed by atoms with E-state index in [0.717, 1.165) is 6.26 Å². The maximum absolute atomic E-state index is 11.6. The third-order valence-corrected chi connectivity index (χ3v) is 3.33. The van der Waals surface area contributed by atoms with Crippen molar-refractivity contribution in [3.63, 3.8) is 0 Å². The first-order valence-electron chi connectivity index (χ1n) is 5.09. The molecular formula is C10H10N6O2S. The molecular weight excluding hydrogens is 268 g/mol. The molecule has 98 valence electrons. The van der Waals surface area contributed by atoms with Gasteiger partial charge in [0, 0.05) is 19.5 Å². The molecule has 19 heavy (non-hydrogen) atoms. The van der Waals surface area contributed by atoms with E-state index in [1.54, 1.807) is 19.3 Å². The van der Waals surface area contributed by atoms with Crippen molar-refractivity contribution in [3.05, 3.63) is 18.0 Å². The molecule has 2 rings (SSSR count). The van der Waals surface area contributed by atoms with Crippen LogP contribution in [0.3, 0.4) is 0 Å². The number of nitrogen functional groups attached to an aromatic ring is 1. The highest BCUT2D eigenvalue weighted by Gasteiger charge is 2.21. The zero-order valence-corrected chi connectivity index (χ0v) is 11.0. The van der Waals surface area contributed by atoms with Gasteiger partial charge in [0.1, 0.15) is 17.5 Å². The third kappa shape index (κ3) is 2.38. The van der Waals surface area contributed by atoms with Crippen LogP contribution in [0.4, 0.5) is 5.82 Å². The molecule has 0 unspecified atom stereocenters. The summed E-state index contributed by atoms with van der Waals surface area (Å²) < 4.78 is 24.8. The second kappa shape index (κ2) is 4.33. The zero-order valence-electron chi connectivity index (χ0n) is 10.2. The number of hydrogen-bond acceptors (Lipinski definition) is 7. The summed E-state index contributed by atoms with van der Waals surface area (Å²) >= 11 is 0. The summed E-state index contributed by atoms with van der Waals surface area (Å²) in [6.07, 6.45) is 4.06. The summed E-state index contributed by atoms with van der Waals surface area (Å²) in [4.78, 5) is 7.83. The van der Waals surface area contributed by atoms with Crippen molar-refractivity contribution in [2.45, 2.75) is 5.03 Å². The smallest absolute Gasteiger partial charge is 0.194 e. The molecule has 2 aromatic rings. The molecule has 0 aromatic carbocycles. The van der Waals surface area contributed by atoms with E-state index in [-0.39, 0.29) is 22.2 Å². The van der Waals surface area contributed by atoms with Gasteiger partial charge in [0.25, 0.3) is 0 Å². The van der Waals surface area contributed by atoms with Crippen LogP contribution in [-0.2, 0) is 16.9 Å². The number of nitriles is 1. The van der Waals surface area contributed by atoms with E-state index in [1.807, 2.05) is 0 Å². The molecule has 0 spiro atoms. The van der Waals surface area contributed by atoms with Gasteiger partial charge in [0.05, 0.1) is 11.8 Å². The number of hydrogen-bond donors (Lipinski definition) is 1. The standard InChI is InChI=1S/C10H10N6O2S/c1-16-5-6(4-13-16)9-14-8(12)7(3-11)10(15-9)19(2,17)18/h4-5H,1-2H3,(H2,12,14,15). The summed E-state index contributed by atoms with van der Waals surface area (Å²) in [6, 6.07) is 1.70. The van der Waals surface area contributed by atoms with Crippen LogP contribution >= 0.6 is 0 Å². The van der Waals surface area contributed by atoms with Crippen molar-refractivity contribution in [1.29, 1.82) is 5.26 Å². The highest BCUT2D eigenvalue weighted by Crippen LogP contribution is 2.22. The van der Waals surface area contributed by atoms with Gasteiger partial charge in [0.2, 0.25) is 0 Å². The summed E-state index contributed by atoms with van der Waals surface area (Å²) in [5.74, 6) is -0.0539. The average molecular weight is 278 g/mol. The van der Waals surface area contributed by atoms with Crippen LogP contribution in [0.2, 0.25) is 0 Å². The Bertz CT molecular complexity index is 787. The highest BCUT2D eigenvalue weighted by atomic mass is 32.2. The molecule has 2 aromatic heterocycles. The Hall–Kier alpha value is -2.47. The first kappa shape index (κ1) is 13.0. The van der Waals surface area contributed by atoms with Crippen molar-refractivity contribution < 1.29 is 8.42 Å². The molecule has 0 saturated carbocycles. The van der Waals surface area contributed by atoms with Crippen molar-refractivity contribution in [2.24, 2.45) is 7.05 Å². The van der Waals surface area contributed by atoms with Crippen molar-refractivity contribution >= 4 is 15.7 Å². The van der Waals surface area contributed by atoms with Crippen molar-refractivity contribution in [2.75, 3.05) is 12.0 Å². The van der Waals surface area contributed by atoms with Crippen LogP contribution in [0.5, 0.6) is 0 Å². The molecule has 8 nitrogen and oxygen atoms in total. The second-order valence-electron chi connectivity index (χ2n) is 3.90. The molecule has 0 saturated heterocycles. The van der Waals surface area contributed by atoms with Crippen LogP contribution in [0, 0.1) is 11.3 Å². The topological polar surface area (TPSA) is 128 Å². The van der Waals surface area contributed by atoms with Gasteiger partial charge in [0.15, 0.2) is 20.7 Å². The zero-order chi connectivity index (χ0) is 14.2. The Kier molecular flexibility index (Phi) is 2.95. The molecule has 0 fully saturated rings. The lowest BCUT2D eigenvalue weighted by atomic mass is 10.3. The molecule has 0 radical (unpaired) electrons. The number of aryl methyl sites for hydroxylation is 1. The Balaban J connectivity index is 2.75. The van der Waals surface area contributed by atoms with Crippen molar-refractivity contribution in [3.8, 4) is 17.5 Å². The molecule has 2 heterocycles. The number of sulfone groups is 1. The Labute approximate surface area is 109 Å². The Morgan fingerprint density at radius 1 is 1.42 bits per heavy atom. The number of rotatable bonds is 2. The van der Waals surface area contributed by atoms with Crippen LogP contribution < -0.4 is 5.73 Å². The maximum atomic E-state index is 11.6. The second-order valence-corrected chi connectivity index (χ2v) is 5.83. The lowest BCUT2D eigenvalue weighted by Gasteiger charge is -2.05. The van der Waals surface area contributed by atoms with E-state index in [0.29, 0.717) is 5.56 Å². The lowest BCUT2D eigenvalue weighted by molar-refractivity contribution is 0.597. The fourth-order valence-electron chi connectivity index (χ4n) is 1.50. The summed E-state index contributed by atoms with van der Waals surface area (Å²) in [7, 11) is -1.97. The van der Waals surface area contributed by atoms with E-state index in [4.69, 9.17) is 11.0 Å². The summed E-state index contributed by atoms with van der Waals surface area (Å²) in [6.45, 7) is 0. The SMILES string of the molecule is Cn1cc(-c2nc(N)c(C#N)c(S(C)(=O)=O)n2)cn1. The first-order chi connectivity index (χ1) is 8.82. The number of aromatic nitrogens is 4. The lowest BCUT2D eigenvalue weighted by Crippen LogP contribution is -2.10. The third-order valence-electron chi connectivity index (χ3n) is 2.33. The Morgan fingerprint density at radius 3 is 2.58 bits per heavy atom. The molecule has 0 aliphatic rings. The number of nitrogens with zero attached hydrogens (tertiary/aromatic N) is 5. The summed E-state index contributed by atoms with van der Waals surface area (Å²) in [5, 5.41) is 12.5. The van der Waals surface area contributed by atoms with Gasteiger partial charge in [-0.2, -0.15) is 10.4 Å². The predicted molar refractivity (Wildman–Crippen MR) is 66.5 cm³/mol. The minimum absolute atomic E-state index is 0.116. The fourth-order valence-corrected chi connectivity index (χ4v) is 2.27. The summed E-state index contributed by atoms with van der Waals surface area (Å²) in [5.41, 5.74) is 5.88. The van der Waals surface area contributed by atoms with Gasteiger partial charge in [-0.25, -0.2) is 18.4 Å². The van der Waals surface area contributed by atoms with E-state index in [9.17, 15) is 8.42 Å². The largest absolute Gasteiger partial charge is 0.382 e. The monoisotopic (exact) mass is 278 g/mol. The van der Waals surface area contributed by atoms with Gasteiger partial charge >= 0.3 is 0 Å². The predicted octanol–water partition coefficient (Wildman–Crippen LogP) is -0.266. The van der Waals surface area contributed by atoms with E-state index >= 15 is 0 Å². The highest BCUT2D eigenvalue weighted by molar-refractivity contribution is 7.90. The molecule has 0 atom stereocenters. The van der Waals surface area contributed by atoms with Crippen LogP contribution in [0.15, 0.2) is 17.4 Å². The average Bonchev–Trinajstić information content (AvgIpc) is 2.73. The molecule has 2 N–H and O–H groups in total. The van der Waals surface area contributed by atoms with Crippen LogP contribution in [0.1, 0.15) is 5.56 Å². The Morgan fingerprint density at radius 2 is 2.11 bits per heavy atom. The number of anilines is 1. The normalized spacial score (nSPS) is 11.2. The van der Waals surface area contributed by atoms with Gasteiger partial charge in [-0.05, 0) is 0 Å². The van der Waals surface area contributed by atoms with E-state index in [1.165, 1.54) is 10.9 Å². The maximum Gasteiger partial charge on any atom is 0.194 e. The number of nitrogens with two attached hydrogens (primary N) is 1. The molecule has 0 amide bonds. The van der Waals surface area contributed by atoms with Crippen molar-refractivity contribution in [1.82, 2.24) is 19.7 Å². The van der Waals surface area contributed by atoms with E-state index < -0.39 is 9.84 Å². The molecule has 9 heteroatoms. The van der Waals surface area contributed by atoms with E-state index in [2.05, 4.69) is 15.1 Å². The van der Waals surface area contributed by atoms with Gasteiger partial charge in [-0.1, -0.05) is 0 Å².